The molecule has 4 heteroatoms. The van der Waals surface area contributed by atoms with Crippen molar-refractivity contribution < 1.29 is 19.4 Å². The highest BCUT2D eigenvalue weighted by molar-refractivity contribution is 5.98. The fourth-order valence-corrected chi connectivity index (χ4v) is 4.12. The molecule has 0 saturated heterocycles. The number of Topliss-reactive ketones (excluding diaryl/α,β-unsaturated/α-hetero) is 2. The van der Waals surface area contributed by atoms with E-state index in [0.717, 1.165) is 54.4 Å². The van der Waals surface area contributed by atoms with Crippen LogP contribution < -0.4 is 4.74 Å². The molecule has 0 atom stereocenters. The molecule has 0 heterocycles. The Kier molecular flexibility index (Phi) is 9.60. The predicted octanol–water partition coefficient (Wildman–Crippen LogP) is 6.15. The van der Waals surface area contributed by atoms with Gasteiger partial charge in [-0.15, -0.1) is 0 Å². The summed E-state index contributed by atoms with van der Waals surface area (Å²) in [6.45, 7) is 2.26. The maximum Gasteiger partial charge on any atom is 0.167 e. The lowest BCUT2D eigenvalue weighted by molar-refractivity contribution is 0.0975. The first-order valence-corrected chi connectivity index (χ1v) is 12.0. The van der Waals surface area contributed by atoms with Crippen molar-refractivity contribution in [2.24, 2.45) is 0 Å². The van der Waals surface area contributed by atoms with Crippen molar-refractivity contribution >= 4 is 11.6 Å². The Labute approximate surface area is 202 Å². The number of aliphatic hydroxyl groups excluding tert-OH is 1. The van der Waals surface area contributed by atoms with Crippen LogP contribution in [0.15, 0.2) is 66.7 Å². The second-order valence-corrected chi connectivity index (χ2v) is 8.78. The molecule has 0 aliphatic rings. The van der Waals surface area contributed by atoms with Gasteiger partial charge >= 0.3 is 0 Å². The highest BCUT2D eigenvalue weighted by atomic mass is 16.5. The Balaban J connectivity index is 1.61. The van der Waals surface area contributed by atoms with Crippen LogP contribution in [-0.2, 0) is 12.8 Å². The molecule has 0 bridgehead atoms. The molecule has 1 N–H and O–H groups in total. The SMILES string of the molecule is COc1cccc(C(=O)Cc2cccc(Cc3ccc(C(=O)CCCCCCO)cc3C)c2)c1. The number of benzene rings is 3. The van der Waals surface area contributed by atoms with Crippen molar-refractivity contribution in [2.75, 3.05) is 13.7 Å². The van der Waals surface area contributed by atoms with Gasteiger partial charge in [0.05, 0.1) is 7.11 Å². The van der Waals surface area contributed by atoms with Crippen molar-refractivity contribution in [3.63, 3.8) is 0 Å². The smallest absolute Gasteiger partial charge is 0.167 e. The van der Waals surface area contributed by atoms with Crippen LogP contribution in [-0.4, -0.2) is 30.4 Å². The van der Waals surface area contributed by atoms with Crippen LogP contribution in [0, 0.1) is 6.92 Å². The fraction of sp³-hybridized carbons (Fsp3) is 0.333. The number of methoxy groups -OCH3 is 1. The van der Waals surface area contributed by atoms with Crippen LogP contribution in [0.3, 0.4) is 0 Å². The maximum atomic E-state index is 12.7. The van der Waals surface area contributed by atoms with Crippen LogP contribution in [0.25, 0.3) is 0 Å². The number of hydrogen-bond donors (Lipinski definition) is 1. The van der Waals surface area contributed by atoms with Gasteiger partial charge in [0.2, 0.25) is 0 Å². The Bertz CT molecular complexity index is 1120. The van der Waals surface area contributed by atoms with E-state index in [9.17, 15) is 9.59 Å². The first-order valence-electron chi connectivity index (χ1n) is 12.0. The number of aliphatic hydroxyl groups is 1. The molecule has 0 amide bonds. The van der Waals surface area contributed by atoms with Crippen molar-refractivity contribution in [2.45, 2.75) is 51.9 Å². The van der Waals surface area contributed by atoms with Crippen molar-refractivity contribution in [3.8, 4) is 5.75 Å². The fourth-order valence-electron chi connectivity index (χ4n) is 4.12. The van der Waals surface area contributed by atoms with Gasteiger partial charge in [-0.05, 0) is 66.6 Å². The molecule has 3 aromatic rings. The second kappa shape index (κ2) is 12.9. The summed E-state index contributed by atoms with van der Waals surface area (Å²) < 4.78 is 5.23. The van der Waals surface area contributed by atoms with E-state index in [1.807, 2.05) is 55.5 Å². The average molecular weight is 459 g/mol. The minimum absolute atomic E-state index is 0.0615. The molecule has 3 aromatic carbocycles. The van der Waals surface area contributed by atoms with E-state index < -0.39 is 0 Å². The summed E-state index contributed by atoms with van der Waals surface area (Å²) in [7, 11) is 1.60. The van der Waals surface area contributed by atoms with E-state index in [1.54, 1.807) is 13.2 Å². The van der Waals surface area contributed by atoms with Crippen LogP contribution in [0.1, 0.15) is 75.1 Å². The molecule has 178 valence electrons. The van der Waals surface area contributed by atoms with Crippen LogP contribution in [0.4, 0.5) is 0 Å². The zero-order valence-electron chi connectivity index (χ0n) is 20.2. The Morgan fingerprint density at radius 3 is 2.29 bits per heavy atom. The molecule has 34 heavy (non-hydrogen) atoms. The lowest BCUT2D eigenvalue weighted by Crippen LogP contribution is -2.04. The van der Waals surface area contributed by atoms with Crippen molar-refractivity contribution in [3.05, 3.63) is 100 Å². The van der Waals surface area contributed by atoms with E-state index in [-0.39, 0.29) is 18.2 Å². The van der Waals surface area contributed by atoms with E-state index in [0.29, 0.717) is 24.2 Å². The van der Waals surface area contributed by atoms with Gasteiger partial charge in [0, 0.05) is 30.6 Å². The quantitative estimate of drug-likeness (QED) is 0.247. The molecule has 0 radical (unpaired) electrons. The number of ketones is 2. The molecule has 0 aliphatic heterocycles. The van der Waals surface area contributed by atoms with Gasteiger partial charge in [-0.3, -0.25) is 9.59 Å². The molecule has 0 unspecified atom stereocenters. The minimum atomic E-state index is 0.0615. The molecule has 0 spiro atoms. The standard InChI is InChI=1S/C30H34O4/c1-22-17-27(29(32)13-5-3-4-6-16-31)15-14-25(22)19-23-9-7-10-24(18-23)20-30(33)26-11-8-12-28(21-26)34-2/h7-12,14-15,17-18,21,31H,3-6,13,16,19-20H2,1-2H3. The highest BCUT2D eigenvalue weighted by Crippen LogP contribution is 2.20. The highest BCUT2D eigenvalue weighted by Gasteiger charge is 2.11. The molecule has 3 rings (SSSR count). The van der Waals surface area contributed by atoms with E-state index in [1.165, 1.54) is 5.56 Å². The molecule has 0 fully saturated rings. The van der Waals surface area contributed by atoms with Crippen LogP contribution >= 0.6 is 0 Å². The number of carbonyl (C=O) groups is 2. The zero-order valence-corrected chi connectivity index (χ0v) is 20.2. The molecule has 4 nitrogen and oxygen atoms in total. The van der Waals surface area contributed by atoms with E-state index in [2.05, 4.69) is 12.1 Å². The summed E-state index contributed by atoms with van der Waals surface area (Å²) in [4.78, 5) is 25.3. The lowest BCUT2D eigenvalue weighted by Gasteiger charge is -2.10. The van der Waals surface area contributed by atoms with Gasteiger partial charge in [0.1, 0.15) is 5.75 Å². The van der Waals surface area contributed by atoms with Crippen molar-refractivity contribution in [1.82, 2.24) is 0 Å². The third-order valence-corrected chi connectivity index (χ3v) is 6.12. The summed E-state index contributed by atoms with van der Waals surface area (Å²) in [5.41, 5.74) is 5.81. The maximum absolute atomic E-state index is 12.7. The monoisotopic (exact) mass is 458 g/mol. The van der Waals surface area contributed by atoms with Gasteiger partial charge in [0.25, 0.3) is 0 Å². The number of rotatable bonds is 13. The van der Waals surface area contributed by atoms with Gasteiger partial charge in [0.15, 0.2) is 11.6 Å². The third-order valence-electron chi connectivity index (χ3n) is 6.12. The van der Waals surface area contributed by atoms with Gasteiger partial charge < -0.3 is 9.84 Å². The third kappa shape index (κ3) is 7.39. The number of carbonyl (C=O) groups excluding carboxylic acids is 2. The first-order chi connectivity index (χ1) is 16.5. The Hall–Kier alpha value is -3.24. The van der Waals surface area contributed by atoms with Gasteiger partial charge in [-0.1, -0.05) is 61.4 Å². The normalized spacial score (nSPS) is 10.8. The summed E-state index contributed by atoms with van der Waals surface area (Å²) in [5.74, 6) is 0.918. The zero-order chi connectivity index (χ0) is 24.3. The summed E-state index contributed by atoms with van der Waals surface area (Å²) >= 11 is 0. The number of aryl methyl sites for hydroxylation is 1. The largest absolute Gasteiger partial charge is 0.497 e. The number of unbranched alkanes of at least 4 members (excludes halogenated alkanes) is 3. The predicted molar refractivity (Wildman–Crippen MR) is 136 cm³/mol. The van der Waals surface area contributed by atoms with Crippen LogP contribution in [0.5, 0.6) is 5.75 Å². The summed E-state index contributed by atoms with van der Waals surface area (Å²) in [6, 6.07) is 21.3. The van der Waals surface area contributed by atoms with Crippen LogP contribution in [0.2, 0.25) is 0 Å². The Morgan fingerprint density at radius 2 is 1.53 bits per heavy atom. The second-order valence-electron chi connectivity index (χ2n) is 8.78. The molecule has 0 aromatic heterocycles. The minimum Gasteiger partial charge on any atom is -0.497 e. The molecular formula is C30H34O4. The van der Waals surface area contributed by atoms with Gasteiger partial charge in [-0.25, -0.2) is 0 Å². The topological polar surface area (TPSA) is 63.6 Å². The van der Waals surface area contributed by atoms with Crippen molar-refractivity contribution in [1.29, 1.82) is 0 Å². The summed E-state index contributed by atoms with van der Waals surface area (Å²) in [6.07, 6.45) is 5.24. The molecular weight excluding hydrogens is 424 g/mol. The van der Waals surface area contributed by atoms with E-state index >= 15 is 0 Å². The number of ether oxygens (including phenoxy) is 1. The Morgan fingerprint density at radius 1 is 0.794 bits per heavy atom. The first kappa shape index (κ1) is 25.4. The average Bonchev–Trinajstić information content (AvgIpc) is 2.85. The van der Waals surface area contributed by atoms with E-state index in [4.69, 9.17) is 9.84 Å². The molecule has 0 aliphatic carbocycles. The van der Waals surface area contributed by atoms with Gasteiger partial charge in [-0.2, -0.15) is 0 Å². The number of hydrogen-bond acceptors (Lipinski definition) is 4. The molecule has 0 saturated carbocycles. The lowest BCUT2D eigenvalue weighted by atomic mass is 9.94. The summed E-state index contributed by atoms with van der Waals surface area (Å²) in [5, 5.41) is 8.85.